The van der Waals surface area contributed by atoms with Crippen molar-refractivity contribution in [2.24, 2.45) is 11.8 Å². The van der Waals surface area contributed by atoms with Crippen LogP contribution in [0, 0.1) is 11.8 Å². The molecule has 0 spiro atoms. The average molecular weight is 261 g/mol. The highest BCUT2D eigenvalue weighted by Gasteiger charge is 2.47. The summed E-state index contributed by atoms with van der Waals surface area (Å²) >= 11 is 0. The molecule has 1 aliphatic carbocycles. The molecule has 0 saturated heterocycles. The number of hydrogen-bond donors (Lipinski definition) is 2. The summed E-state index contributed by atoms with van der Waals surface area (Å²) in [5.41, 5.74) is 2.55. The Kier molecular flexibility index (Phi) is 4.25. The predicted molar refractivity (Wildman–Crippen MR) is 76.2 cm³/mol. The summed E-state index contributed by atoms with van der Waals surface area (Å²) in [6, 6.07) is 8.78. The van der Waals surface area contributed by atoms with Crippen molar-refractivity contribution in [3.8, 4) is 0 Å². The third kappa shape index (κ3) is 2.98. The van der Waals surface area contributed by atoms with Gasteiger partial charge in [-0.25, -0.2) is 0 Å². The Morgan fingerprint density at radius 3 is 2.37 bits per heavy atom. The van der Waals surface area contributed by atoms with Crippen LogP contribution in [0.15, 0.2) is 24.3 Å². The molecule has 1 aromatic rings. The quantitative estimate of drug-likeness (QED) is 0.827. The lowest BCUT2D eigenvalue weighted by molar-refractivity contribution is -0.138. The van der Waals surface area contributed by atoms with Crippen LogP contribution in [-0.2, 0) is 4.79 Å². The molecule has 0 radical (unpaired) electrons. The summed E-state index contributed by atoms with van der Waals surface area (Å²) in [6.45, 7) is 4.42. The monoisotopic (exact) mass is 261 g/mol. The molecule has 0 amide bonds. The molecule has 104 valence electrons. The maximum Gasteiger partial charge on any atom is 0.306 e. The van der Waals surface area contributed by atoms with Crippen LogP contribution in [0.4, 0.5) is 0 Å². The number of carbonyl (C=O) groups is 1. The van der Waals surface area contributed by atoms with Crippen molar-refractivity contribution >= 4 is 5.97 Å². The third-order valence-corrected chi connectivity index (χ3v) is 4.37. The van der Waals surface area contributed by atoms with Crippen molar-refractivity contribution in [3.63, 3.8) is 0 Å². The van der Waals surface area contributed by atoms with Gasteiger partial charge in [0.2, 0.25) is 0 Å². The summed E-state index contributed by atoms with van der Waals surface area (Å²) in [5.74, 6) is -0.0279. The second-order valence-electron chi connectivity index (χ2n) is 5.59. The fraction of sp³-hybridized carbons (Fsp3) is 0.562. The van der Waals surface area contributed by atoms with Gasteiger partial charge in [0.1, 0.15) is 0 Å². The van der Waals surface area contributed by atoms with Crippen LogP contribution in [0.2, 0.25) is 0 Å². The first kappa shape index (κ1) is 14.1. The Morgan fingerprint density at radius 1 is 1.37 bits per heavy atom. The SMILES string of the molecule is CCC(C)c1ccc(C(NC)C2CC2C(=O)O)cc1. The van der Waals surface area contributed by atoms with E-state index in [2.05, 4.69) is 43.4 Å². The molecule has 1 aromatic carbocycles. The van der Waals surface area contributed by atoms with Crippen molar-refractivity contribution in [1.29, 1.82) is 0 Å². The van der Waals surface area contributed by atoms with E-state index in [9.17, 15) is 4.79 Å². The van der Waals surface area contributed by atoms with E-state index < -0.39 is 5.97 Å². The van der Waals surface area contributed by atoms with Gasteiger partial charge in [-0.2, -0.15) is 0 Å². The van der Waals surface area contributed by atoms with E-state index in [0.29, 0.717) is 5.92 Å². The number of rotatable bonds is 6. The van der Waals surface area contributed by atoms with E-state index in [1.54, 1.807) is 0 Å². The van der Waals surface area contributed by atoms with Gasteiger partial charge >= 0.3 is 5.97 Å². The van der Waals surface area contributed by atoms with E-state index >= 15 is 0 Å². The molecule has 3 nitrogen and oxygen atoms in total. The topological polar surface area (TPSA) is 49.3 Å². The van der Waals surface area contributed by atoms with Gasteiger partial charge in [-0.05, 0) is 42.9 Å². The van der Waals surface area contributed by atoms with E-state index in [-0.39, 0.29) is 17.9 Å². The molecule has 2 rings (SSSR count). The molecule has 3 heteroatoms. The largest absolute Gasteiger partial charge is 0.481 e. The first-order valence-corrected chi connectivity index (χ1v) is 7.08. The van der Waals surface area contributed by atoms with Crippen LogP contribution in [0.1, 0.15) is 49.8 Å². The van der Waals surface area contributed by atoms with Crippen LogP contribution >= 0.6 is 0 Å². The fourth-order valence-electron chi connectivity index (χ4n) is 2.76. The van der Waals surface area contributed by atoms with E-state index in [1.165, 1.54) is 11.1 Å². The Labute approximate surface area is 115 Å². The minimum absolute atomic E-state index is 0.159. The van der Waals surface area contributed by atoms with Crippen LogP contribution < -0.4 is 5.32 Å². The van der Waals surface area contributed by atoms with Gasteiger partial charge in [-0.1, -0.05) is 38.1 Å². The molecule has 0 heterocycles. The van der Waals surface area contributed by atoms with Gasteiger partial charge in [0.05, 0.1) is 5.92 Å². The number of carboxylic acids is 1. The highest BCUT2D eigenvalue weighted by atomic mass is 16.4. The molecule has 0 aliphatic heterocycles. The van der Waals surface area contributed by atoms with Gasteiger partial charge in [-0.3, -0.25) is 4.79 Å². The highest BCUT2D eigenvalue weighted by molar-refractivity contribution is 5.73. The van der Waals surface area contributed by atoms with Gasteiger partial charge in [-0.15, -0.1) is 0 Å². The Hall–Kier alpha value is -1.35. The molecule has 2 N–H and O–H groups in total. The average Bonchev–Trinajstić information content (AvgIpc) is 3.20. The summed E-state index contributed by atoms with van der Waals surface area (Å²) in [7, 11) is 1.91. The molecule has 4 atom stereocenters. The van der Waals surface area contributed by atoms with E-state index in [4.69, 9.17) is 5.11 Å². The lowest BCUT2D eigenvalue weighted by Crippen LogP contribution is -2.20. The molecular formula is C16H23NO2. The third-order valence-electron chi connectivity index (χ3n) is 4.37. The standard InChI is InChI=1S/C16H23NO2/c1-4-10(2)11-5-7-12(8-6-11)15(17-3)13-9-14(13)16(18)19/h5-8,10,13-15,17H,4,9H2,1-3H3,(H,18,19). The summed E-state index contributed by atoms with van der Waals surface area (Å²) in [5, 5.41) is 12.3. The minimum Gasteiger partial charge on any atom is -0.481 e. The van der Waals surface area contributed by atoms with Crippen molar-refractivity contribution in [3.05, 3.63) is 35.4 Å². The summed E-state index contributed by atoms with van der Waals surface area (Å²) in [6.07, 6.45) is 1.92. The Balaban J connectivity index is 2.10. The molecule has 0 bridgehead atoms. The Bertz CT molecular complexity index is 441. The normalized spacial score (nSPS) is 24.8. The molecular weight excluding hydrogens is 238 g/mol. The second kappa shape index (κ2) is 5.74. The van der Waals surface area contributed by atoms with Gasteiger partial charge < -0.3 is 10.4 Å². The predicted octanol–water partition coefficient (Wildman–Crippen LogP) is 3.18. The van der Waals surface area contributed by atoms with Crippen LogP contribution in [-0.4, -0.2) is 18.1 Å². The second-order valence-corrected chi connectivity index (χ2v) is 5.59. The maximum atomic E-state index is 11.0. The number of carboxylic acid groups (broad SMARTS) is 1. The van der Waals surface area contributed by atoms with E-state index in [0.717, 1.165) is 12.8 Å². The molecule has 1 fully saturated rings. The van der Waals surface area contributed by atoms with E-state index in [1.807, 2.05) is 7.05 Å². The number of hydrogen-bond acceptors (Lipinski definition) is 2. The van der Waals surface area contributed by atoms with Crippen LogP contribution in [0.5, 0.6) is 0 Å². The summed E-state index contributed by atoms with van der Waals surface area (Å²) in [4.78, 5) is 11.0. The molecule has 0 aromatic heterocycles. The summed E-state index contributed by atoms with van der Waals surface area (Å²) < 4.78 is 0. The minimum atomic E-state index is -0.665. The van der Waals surface area contributed by atoms with Gasteiger partial charge in [0, 0.05) is 6.04 Å². The van der Waals surface area contributed by atoms with Crippen LogP contribution in [0.25, 0.3) is 0 Å². The highest BCUT2D eigenvalue weighted by Crippen LogP contribution is 2.47. The zero-order valence-electron chi connectivity index (χ0n) is 11.9. The first-order chi connectivity index (χ1) is 9.08. The van der Waals surface area contributed by atoms with Crippen LogP contribution in [0.3, 0.4) is 0 Å². The lowest BCUT2D eigenvalue weighted by Gasteiger charge is -2.18. The molecule has 4 unspecified atom stereocenters. The number of nitrogens with one attached hydrogen (secondary N) is 1. The fourth-order valence-corrected chi connectivity index (χ4v) is 2.76. The maximum absolute atomic E-state index is 11.0. The molecule has 1 saturated carbocycles. The Morgan fingerprint density at radius 2 is 1.95 bits per heavy atom. The van der Waals surface area contributed by atoms with Gasteiger partial charge in [0.15, 0.2) is 0 Å². The zero-order valence-corrected chi connectivity index (χ0v) is 11.9. The van der Waals surface area contributed by atoms with Crippen molar-refractivity contribution in [1.82, 2.24) is 5.32 Å². The molecule has 1 aliphatic rings. The first-order valence-electron chi connectivity index (χ1n) is 7.08. The smallest absolute Gasteiger partial charge is 0.306 e. The van der Waals surface area contributed by atoms with Crippen molar-refractivity contribution < 1.29 is 9.90 Å². The molecule has 19 heavy (non-hydrogen) atoms. The zero-order chi connectivity index (χ0) is 14.0. The number of benzene rings is 1. The van der Waals surface area contributed by atoms with Crippen molar-refractivity contribution in [2.75, 3.05) is 7.05 Å². The lowest BCUT2D eigenvalue weighted by atomic mass is 9.94. The van der Waals surface area contributed by atoms with Gasteiger partial charge in [0.25, 0.3) is 0 Å². The number of aliphatic carboxylic acids is 1. The van der Waals surface area contributed by atoms with Crippen molar-refractivity contribution in [2.45, 2.75) is 38.6 Å².